The molecule has 1 fully saturated rings. The molecular weight excluding hydrogens is 488 g/mol. The quantitative estimate of drug-likeness (QED) is 0.239. The lowest BCUT2D eigenvalue weighted by Gasteiger charge is -2.19. The molecule has 0 radical (unpaired) electrons. The molecule has 4 aromatic carbocycles. The molecule has 5 rings (SSSR count). The zero-order valence-corrected chi connectivity index (χ0v) is 22.2. The van der Waals surface area contributed by atoms with Gasteiger partial charge in [-0.3, -0.25) is 0 Å². The van der Waals surface area contributed by atoms with E-state index in [-0.39, 0.29) is 12.7 Å². The van der Waals surface area contributed by atoms with Crippen LogP contribution in [0.1, 0.15) is 61.1 Å². The van der Waals surface area contributed by atoms with Crippen molar-refractivity contribution in [2.24, 2.45) is 0 Å². The highest BCUT2D eigenvalue weighted by Gasteiger charge is 2.39. The molecule has 0 unspecified atom stereocenters. The topological polar surface area (TPSA) is 61.8 Å². The second-order valence-electron chi connectivity index (χ2n) is 10.1. The van der Waals surface area contributed by atoms with Crippen molar-refractivity contribution in [3.05, 3.63) is 142 Å². The third kappa shape index (κ3) is 6.81. The standard InChI is InChI=1S/C34H32O5/c1-23-8-14-28(15-9-23)33(35)37-22-32-31(39-34(36)29-16-10-24(2)11-17-29)21-30(38-32)27-18-12-26(13-19-27)20-25-6-4-3-5-7-25/h3-19,30-32H,20-22H2,1-2H3/t30-,31+,32-/m1/s1. The van der Waals surface area contributed by atoms with Crippen LogP contribution in [0.25, 0.3) is 0 Å². The van der Waals surface area contributed by atoms with Crippen LogP contribution in [0.3, 0.4) is 0 Å². The van der Waals surface area contributed by atoms with E-state index < -0.39 is 24.1 Å². The van der Waals surface area contributed by atoms with E-state index in [9.17, 15) is 9.59 Å². The lowest BCUT2D eigenvalue weighted by molar-refractivity contribution is -0.0427. The van der Waals surface area contributed by atoms with E-state index in [1.807, 2.05) is 56.3 Å². The number of aryl methyl sites for hydroxylation is 2. The SMILES string of the molecule is Cc1ccc(C(=O)OC[C@H]2O[C@@H](c3ccc(Cc4ccccc4)cc3)C[C@@H]2OC(=O)c2ccc(C)cc2)cc1. The fraction of sp³-hybridized carbons (Fsp3) is 0.235. The van der Waals surface area contributed by atoms with Crippen molar-refractivity contribution in [1.82, 2.24) is 0 Å². The highest BCUT2D eigenvalue weighted by atomic mass is 16.6. The smallest absolute Gasteiger partial charge is 0.338 e. The molecule has 39 heavy (non-hydrogen) atoms. The third-order valence-corrected chi connectivity index (χ3v) is 7.01. The van der Waals surface area contributed by atoms with Crippen LogP contribution >= 0.6 is 0 Å². The first-order chi connectivity index (χ1) is 18.9. The van der Waals surface area contributed by atoms with Gasteiger partial charge in [0.2, 0.25) is 0 Å². The highest BCUT2D eigenvalue weighted by Crippen LogP contribution is 2.35. The maximum Gasteiger partial charge on any atom is 0.338 e. The second-order valence-corrected chi connectivity index (χ2v) is 10.1. The summed E-state index contributed by atoms with van der Waals surface area (Å²) >= 11 is 0. The van der Waals surface area contributed by atoms with E-state index in [1.165, 1.54) is 11.1 Å². The fourth-order valence-corrected chi connectivity index (χ4v) is 4.71. The molecule has 198 valence electrons. The molecule has 0 spiro atoms. The van der Waals surface area contributed by atoms with Crippen LogP contribution in [-0.4, -0.2) is 30.8 Å². The third-order valence-electron chi connectivity index (χ3n) is 7.01. The van der Waals surface area contributed by atoms with Gasteiger partial charge in [0.1, 0.15) is 18.8 Å². The van der Waals surface area contributed by atoms with Crippen molar-refractivity contribution in [2.45, 2.75) is 45.0 Å². The van der Waals surface area contributed by atoms with Crippen LogP contribution in [0.5, 0.6) is 0 Å². The van der Waals surface area contributed by atoms with Gasteiger partial charge in [0.15, 0.2) is 0 Å². The summed E-state index contributed by atoms with van der Waals surface area (Å²) in [5.41, 5.74) is 6.52. The van der Waals surface area contributed by atoms with Crippen LogP contribution in [0.4, 0.5) is 0 Å². The minimum absolute atomic E-state index is 0.0128. The highest BCUT2D eigenvalue weighted by molar-refractivity contribution is 5.90. The van der Waals surface area contributed by atoms with Crippen molar-refractivity contribution >= 4 is 11.9 Å². The summed E-state index contributed by atoms with van der Waals surface area (Å²) in [5.74, 6) is -0.853. The summed E-state index contributed by atoms with van der Waals surface area (Å²) in [6.07, 6.45) is -0.0975. The molecule has 1 heterocycles. The number of carbonyl (C=O) groups is 2. The minimum Gasteiger partial charge on any atom is -0.459 e. The summed E-state index contributed by atoms with van der Waals surface area (Å²) in [7, 11) is 0. The van der Waals surface area contributed by atoms with Crippen LogP contribution in [0, 0.1) is 13.8 Å². The van der Waals surface area contributed by atoms with Crippen molar-refractivity contribution < 1.29 is 23.8 Å². The molecule has 0 saturated carbocycles. The predicted molar refractivity (Wildman–Crippen MR) is 150 cm³/mol. The molecule has 1 aliphatic rings. The van der Waals surface area contributed by atoms with Gasteiger partial charge in [0.25, 0.3) is 0 Å². The summed E-state index contributed by atoms with van der Waals surface area (Å²) in [5, 5.41) is 0. The Bertz CT molecular complexity index is 1390. The molecule has 5 heteroatoms. The Kier molecular flexibility index (Phi) is 8.18. The lowest BCUT2D eigenvalue weighted by atomic mass is 10.00. The summed E-state index contributed by atoms with van der Waals surface area (Å²) in [4.78, 5) is 25.6. The molecule has 0 bridgehead atoms. The first kappa shape index (κ1) is 26.4. The van der Waals surface area contributed by atoms with Gasteiger partial charge in [-0.15, -0.1) is 0 Å². The molecule has 4 aromatic rings. The molecule has 1 aliphatic heterocycles. The van der Waals surface area contributed by atoms with Crippen LogP contribution < -0.4 is 0 Å². The summed E-state index contributed by atoms with van der Waals surface area (Å²) < 4.78 is 17.8. The van der Waals surface area contributed by atoms with Gasteiger partial charge >= 0.3 is 11.9 Å². The number of ether oxygens (including phenoxy) is 3. The Morgan fingerprint density at radius 3 is 1.90 bits per heavy atom. The number of carbonyl (C=O) groups excluding carboxylic acids is 2. The molecule has 0 amide bonds. The van der Waals surface area contributed by atoms with Crippen LogP contribution in [0.15, 0.2) is 103 Å². The average Bonchev–Trinajstić information content (AvgIpc) is 3.35. The van der Waals surface area contributed by atoms with Gasteiger partial charge in [-0.05, 0) is 61.2 Å². The molecule has 0 N–H and O–H groups in total. The number of benzene rings is 4. The summed E-state index contributed by atoms with van der Waals surface area (Å²) in [6.45, 7) is 3.91. The van der Waals surface area contributed by atoms with Gasteiger partial charge < -0.3 is 14.2 Å². The van der Waals surface area contributed by atoms with Crippen molar-refractivity contribution in [2.75, 3.05) is 6.61 Å². The number of hydrogen-bond acceptors (Lipinski definition) is 5. The number of hydrogen-bond donors (Lipinski definition) is 0. The molecule has 0 aliphatic carbocycles. The van der Waals surface area contributed by atoms with Gasteiger partial charge in [0.05, 0.1) is 17.2 Å². The van der Waals surface area contributed by atoms with E-state index in [4.69, 9.17) is 14.2 Å². The van der Waals surface area contributed by atoms with E-state index in [1.54, 1.807) is 24.3 Å². The van der Waals surface area contributed by atoms with Gasteiger partial charge in [-0.1, -0.05) is 90.0 Å². The van der Waals surface area contributed by atoms with E-state index in [0.29, 0.717) is 17.5 Å². The first-order valence-electron chi connectivity index (χ1n) is 13.2. The van der Waals surface area contributed by atoms with E-state index >= 15 is 0 Å². The Morgan fingerprint density at radius 2 is 1.28 bits per heavy atom. The maximum atomic E-state index is 12.9. The van der Waals surface area contributed by atoms with Crippen LogP contribution in [0.2, 0.25) is 0 Å². The second kappa shape index (κ2) is 12.1. The minimum atomic E-state index is -0.581. The fourth-order valence-electron chi connectivity index (χ4n) is 4.71. The largest absolute Gasteiger partial charge is 0.459 e. The van der Waals surface area contributed by atoms with Crippen molar-refractivity contribution in [3.63, 3.8) is 0 Å². The Morgan fingerprint density at radius 1 is 0.718 bits per heavy atom. The Balaban J connectivity index is 1.28. The zero-order valence-electron chi connectivity index (χ0n) is 22.2. The van der Waals surface area contributed by atoms with Gasteiger partial charge in [-0.25, -0.2) is 9.59 Å². The monoisotopic (exact) mass is 520 g/mol. The summed E-state index contributed by atoms with van der Waals surface area (Å²) in [6, 6.07) is 33.1. The molecular formula is C34H32O5. The molecule has 0 aromatic heterocycles. The average molecular weight is 521 g/mol. The maximum absolute atomic E-state index is 12.9. The Hall–Kier alpha value is -4.22. The zero-order chi connectivity index (χ0) is 27.2. The van der Waals surface area contributed by atoms with Crippen molar-refractivity contribution in [3.8, 4) is 0 Å². The van der Waals surface area contributed by atoms with E-state index in [2.05, 4.69) is 36.4 Å². The van der Waals surface area contributed by atoms with Gasteiger partial charge in [-0.2, -0.15) is 0 Å². The van der Waals surface area contributed by atoms with E-state index in [0.717, 1.165) is 23.1 Å². The lowest BCUT2D eigenvalue weighted by Crippen LogP contribution is -2.32. The Labute approximate surface area is 229 Å². The molecule has 3 atom stereocenters. The van der Waals surface area contributed by atoms with Crippen LogP contribution in [-0.2, 0) is 20.6 Å². The number of rotatable bonds is 8. The first-order valence-corrected chi connectivity index (χ1v) is 13.2. The normalized spacial score (nSPS) is 18.5. The molecule has 1 saturated heterocycles. The van der Waals surface area contributed by atoms with Gasteiger partial charge in [0, 0.05) is 6.42 Å². The predicted octanol–water partition coefficient (Wildman–Crippen LogP) is 6.81. The van der Waals surface area contributed by atoms with Crippen molar-refractivity contribution in [1.29, 1.82) is 0 Å². The number of esters is 2. The molecule has 5 nitrogen and oxygen atoms in total.